The van der Waals surface area contributed by atoms with Crippen LogP contribution in [0.15, 0.2) is 36.7 Å². The second-order valence-electron chi connectivity index (χ2n) is 5.97. The third-order valence-electron chi connectivity index (χ3n) is 4.08. The summed E-state index contributed by atoms with van der Waals surface area (Å²) >= 11 is 2.78. The van der Waals surface area contributed by atoms with Crippen molar-refractivity contribution in [3.63, 3.8) is 0 Å². The molecule has 0 aliphatic carbocycles. The van der Waals surface area contributed by atoms with Crippen LogP contribution in [0.1, 0.15) is 26.5 Å². The molecule has 0 bridgehead atoms. The molecule has 9 heteroatoms. The van der Waals surface area contributed by atoms with Gasteiger partial charge in [0.05, 0.1) is 21.9 Å². The number of pyridine rings is 1. The molecule has 138 valence electrons. The number of aliphatic carboxylic acids is 1. The van der Waals surface area contributed by atoms with Gasteiger partial charge in [-0.05, 0) is 24.6 Å². The highest BCUT2D eigenvalue weighted by atomic mass is 32.1. The highest BCUT2D eigenvalue weighted by molar-refractivity contribution is 7.20. The van der Waals surface area contributed by atoms with E-state index >= 15 is 0 Å². The molecule has 0 saturated carbocycles. The van der Waals surface area contributed by atoms with Crippen molar-refractivity contribution in [3.8, 4) is 0 Å². The smallest absolute Gasteiger partial charge is 0.323 e. The van der Waals surface area contributed by atoms with Gasteiger partial charge in [-0.3, -0.25) is 14.0 Å². The number of amides is 1. The lowest BCUT2D eigenvalue weighted by Crippen LogP contribution is -2.34. The molecule has 0 radical (unpaired) electrons. The molecule has 0 aliphatic heterocycles. The number of hydrogen-bond donors (Lipinski definition) is 1. The summed E-state index contributed by atoms with van der Waals surface area (Å²) in [7, 11) is 0. The normalized spacial score (nSPS) is 11.3. The first kappa shape index (κ1) is 17.6. The molecule has 1 amide bonds. The fourth-order valence-electron chi connectivity index (χ4n) is 2.85. The molecule has 4 heterocycles. The van der Waals surface area contributed by atoms with E-state index in [9.17, 15) is 14.7 Å². The molecular weight excluding hydrogens is 384 g/mol. The standard InChI is InChI=1S/C18H16N4O3S2/c1-2-15-19-8-11(26-15)9-21(10-16(23)24)18(25)13-7-12-17(27-13)20-14-5-3-4-6-22(12)14/h3-8H,2,9-10H2,1H3,(H,23,24). The summed E-state index contributed by atoms with van der Waals surface area (Å²) in [4.78, 5) is 36.5. The number of thiophene rings is 1. The molecule has 7 nitrogen and oxygen atoms in total. The number of aromatic nitrogens is 3. The van der Waals surface area contributed by atoms with Crippen LogP contribution in [0.2, 0.25) is 0 Å². The van der Waals surface area contributed by atoms with Crippen molar-refractivity contribution in [3.05, 3.63) is 51.4 Å². The van der Waals surface area contributed by atoms with E-state index in [2.05, 4.69) is 9.97 Å². The van der Waals surface area contributed by atoms with Crippen molar-refractivity contribution in [2.24, 2.45) is 0 Å². The molecule has 0 spiro atoms. The molecule has 1 N–H and O–H groups in total. The van der Waals surface area contributed by atoms with Gasteiger partial charge in [0.15, 0.2) is 0 Å². The van der Waals surface area contributed by atoms with Gasteiger partial charge in [0.25, 0.3) is 5.91 Å². The SMILES string of the molecule is CCc1ncc(CN(CC(=O)O)C(=O)c2cc3c(nc4ccccn43)s2)s1. The number of imidazole rings is 1. The summed E-state index contributed by atoms with van der Waals surface area (Å²) in [6.07, 6.45) is 4.42. The van der Waals surface area contributed by atoms with E-state index in [1.54, 1.807) is 12.3 Å². The number of nitrogens with zero attached hydrogens (tertiary/aromatic N) is 4. The second kappa shape index (κ2) is 7.09. The topological polar surface area (TPSA) is 87.8 Å². The highest BCUT2D eigenvalue weighted by Gasteiger charge is 2.23. The van der Waals surface area contributed by atoms with E-state index < -0.39 is 5.97 Å². The molecule has 0 aliphatic rings. The maximum atomic E-state index is 13.0. The van der Waals surface area contributed by atoms with Crippen molar-refractivity contribution in [2.45, 2.75) is 19.9 Å². The molecule has 4 aromatic rings. The molecule has 0 fully saturated rings. The number of thiazole rings is 1. The number of carbonyl (C=O) groups is 2. The van der Waals surface area contributed by atoms with E-state index in [4.69, 9.17) is 0 Å². The van der Waals surface area contributed by atoms with Crippen molar-refractivity contribution >= 4 is 50.5 Å². The van der Waals surface area contributed by atoms with E-state index in [1.165, 1.54) is 27.6 Å². The van der Waals surface area contributed by atoms with Gasteiger partial charge in [0.2, 0.25) is 0 Å². The quantitative estimate of drug-likeness (QED) is 0.537. The monoisotopic (exact) mass is 400 g/mol. The van der Waals surface area contributed by atoms with Crippen LogP contribution in [0.5, 0.6) is 0 Å². The Labute approximate surface area is 162 Å². The Morgan fingerprint density at radius 1 is 1.30 bits per heavy atom. The van der Waals surface area contributed by atoms with Gasteiger partial charge in [-0.25, -0.2) is 9.97 Å². The summed E-state index contributed by atoms with van der Waals surface area (Å²) in [6, 6.07) is 7.49. The highest BCUT2D eigenvalue weighted by Crippen LogP contribution is 2.28. The van der Waals surface area contributed by atoms with Crippen LogP contribution in [0.4, 0.5) is 0 Å². The Bertz CT molecular complexity index is 1140. The molecule has 27 heavy (non-hydrogen) atoms. The maximum Gasteiger partial charge on any atom is 0.323 e. The van der Waals surface area contributed by atoms with Gasteiger partial charge in [-0.15, -0.1) is 22.7 Å². The molecule has 4 rings (SSSR count). The van der Waals surface area contributed by atoms with Crippen molar-refractivity contribution in [1.82, 2.24) is 19.3 Å². The number of rotatable bonds is 6. The van der Waals surface area contributed by atoms with Crippen LogP contribution in [0.25, 0.3) is 16.0 Å². The molecular formula is C18H16N4O3S2. The lowest BCUT2D eigenvalue weighted by Gasteiger charge is -2.18. The zero-order chi connectivity index (χ0) is 19.0. The number of carbonyl (C=O) groups excluding carboxylic acids is 1. The predicted octanol–water partition coefficient (Wildman–Crippen LogP) is 3.29. The Morgan fingerprint density at radius 2 is 2.15 bits per heavy atom. The fraction of sp³-hybridized carbons (Fsp3) is 0.222. The van der Waals surface area contributed by atoms with Crippen LogP contribution in [0.3, 0.4) is 0 Å². The van der Waals surface area contributed by atoms with E-state index in [-0.39, 0.29) is 19.0 Å². The van der Waals surface area contributed by atoms with E-state index in [0.29, 0.717) is 4.88 Å². The van der Waals surface area contributed by atoms with Gasteiger partial charge >= 0.3 is 5.97 Å². The molecule has 0 atom stereocenters. The summed E-state index contributed by atoms with van der Waals surface area (Å²) in [5.74, 6) is -1.35. The average molecular weight is 400 g/mol. The van der Waals surface area contributed by atoms with Gasteiger partial charge in [0, 0.05) is 17.3 Å². The van der Waals surface area contributed by atoms with Crippen LogP contribution in [-0.4, -0.2) is 42.8 Å². The Hall–Kier alpha value is -2.78. The minimum absolute atomic E-state index is 0.228. The largest absolute Gasteiger partial charge is 0.480 e. The number of aryl methyl sites for hydroxylation is 1. The van der Waals surface area contributed by atoms with E-state index in [1.807, 2.05) is 35.7 Å². The van der Waals surface area contributed by atoms with Gasteiger partial charge in [0.1, 0.15) is 17.0 Å². The molecule has 4 aromatic heterocycles. The predicted molar refractivity (Wildman–Crippen MR) is 104 cm³/mol. The lowest BCUT2D eigenvalue weighted by atomic mass is 10.3. The fourth-order valence-corrected chi connectivity index (χ4v) is 4.73. The first-order valence-electron chi connectivity index (χ1n) is 8.36. The minimum Gasteiger partial charge on any atom is -0.480 e. The lowest BCUT2D eigenvalue weighted by molar-refractivity contribution is -0.137. The first-order chi connectivity index (χ1) is 13.0. The van der Waals surface area contributed by atoms with Gasteiger partial charge < -0.3 is 10.0 Å². The zero-order valence-electron chi connectivity index (χ0n) is 14.5. The van der Waals surface area contributed by atoms with Crippen LogP contribution in [0, 0.1) is 0 Å². The van der Waals surface area contributed by atoms with Crippen molar-refractivity contribution < 1.29 is 14.7 Å². The van der Waals surface area contributed by atoms with Crippen molar-refractivity contribution in [1.29, 1.82) is 0 Å². The number of fused-ring (bicyclic) bond motifs is 3. The Morgan fingerprint density at radius 3 is 2.89 bits per heavy atom. The van der Waals surface area contributed by atoms with Crippen molar-refractivity contribution in [2.75, 3.05) is 6.54 Å². The van der Waals surface area contributed by atoms with Crippen LogP contribution >= 0.6 is 22.7 Å². The zero-order valence-corrected chi connectivity index (χ0v) is 16.1. The summed E-state index contributed by atoms with van der Waals surface area (Å²) in [5.41, 5.74) is 1.66. The number of carboxylic acids is 1. The van der Waals surface area contributed by atoms with E-state index in [0.717, 1.165) is 32.3 Å². The first-order valence-corrected chi connectivity index (χ1v) is 9.99. The minimum atomic E-state index is -1.04. The molecule has 0 saturated heterocycles. The Balaban J connectivity index is 1.65. The third kappa shape index (κ3) is 3.43. The summed E-state index contributed by atoms with van der Waals surface area (Å²) in [6.45, 7) is 1.88. The van der Waals surface area contributed by atoms with Gasteiger partial charge in [-0.1, -0.05) is 13.0 Å². The maximum absolute atomic E-state index is 13.0. The van der Waals surface area contributed by atoms with Crippen LogP contribution < -0.4 is 0 Å². The molecule has 0 unspecified atom stereocenters. The number of hydrogen-bond acceptors (Lipinski definition) is 6. The number of carboxylic acid groups (broad SMARTS) is 1. The van der Waals surface area contributed by atoms with Gasteiger partial charge in [-0.2, -0.15) is 0 Å². The Kier molecular flexibility index (Phi) is 4.63. The second-order valence-corrected chi connectivity index (χ2v) is 8.20. The molecule has 0 aromatic carbocycles. The van der Waals surface area contributed by atoms with Crippen LogP contribution in [-0.2, 0) is 17.8 Å². The average Bonchev–Trinajstić information content (AvgIpc) is 3.34. The summed E-state index contributed by atoms with van der Waals surface area (Å²) < 4.78 is 1.92. The summed E-state index contributed by atoms with van der Waals surface area (Å²) in [5, 5.41) is 10.2. The third-order valence-corrected chi connectivity index (χ3v) is 6.21.